The maximum atomic E-state index is 12.8. The van der Waals surface area contributed by atoms with Crippen LogP contribution in [0.15, 0.2) is 102 Å². The van der Waals surface area contributed by atoms with Crippen molar-refractivity contribution in [2.75, 3.05) is 10.9 Å². The Morgan fingerprint density at radius 3 is 1.89 bits per heavy atom. The van der Waals surface area contributed by atoms with Gasteiger partial charge in [-0.2, -0.15) is 10.2 Å². The molecule has 0 aliphatic heterocycles. The van der Waals surface area contributed by atoms with Crippen molar-refractivity contribution in [3.05, 3.63) is 104 Å². The SMILES string of the molecule is O=c1cc/c(=N\Nc2ccc(S(=O)(=O)[O-])c3ccccc23)c(=O)/c1=N\Nc1ccc(S(=O)(=O)[O-])cc1.[Na+].[Na+]. The molecule has 184 valence electrons. The predicted octanol–water partition coefficient (Wildman–Crippen LogP) is -5.89. The van der Waals surface area contributed by atoms with Gasteiger partial charge >= 0.3 is 59.1 Å². The van der Waals surface area contributed by atoms with Gasteiger partial charge in [0.15, 0.2) is 5.36 Å². The van der Waals surface area contributed by atoms with E-state index in [0.29, 0.717) is 11.1 Å². The Bertz CT molecular complexity index is 1940. The second-order valence-electron chi connectivity index (χ2n) is 7.30. The normalized spacial score (nSPS) is 12.5. The molecule has 0 bridgehead atoms. The maximum absolute atomic E-state index is 12.8. The van der Waals surface area contributed by atoms with E-state index in [-0.39, 0.29) is 75.5 Å². The molecule has 0 aliphatic carbocycles. The van der Waals surface area contributed by atoms with Crippen LogP contribution in [0.25, 0.3) is 10.8 Å². The van der Waals surface area contributed by atoms with Gasteiger partial charge < -0.3 is 9.11 Å². The number of benzene rings is 4. The van der Waals surface area contributed by atoms with Gasteiger partial charge in [0.2, 0.25) is 10.9 Å². The second kappa shape index (κ2) is 12.7. The summed E-state index contributed by atoms with van der Waals surface area (Å²) >= 11 is 0. The molecule has 0 aromatic heterocycles. The number of nitrogens with zero attached hydrogens (tertiary/aromatic N) is 2. The third-order valence-corrected chi connectivity index (χ3v) is 6.71. The molecule has 0 saturated heterocycles. The van der Waals surface area contributed by atoms with Crippen LogP contribution < -0.4 is 91.5 Å². The topological polar surface area (TPSA) is 197 Å². The summed E-state index contributed by atoms with van der Waals surface area (Å²) in [6.07, 6.45) is 0. The van der Waals surface area contributed by atoms with E-state index in [2.05, 4.69) is 21.1 Å². The van der Waals surface area contributed by atoms with Gasteiger partial charge in [0.05, 0.1) is 21.2 Å². The molecule has 0 heterocycles. The number of hydrogen-bond acceptors (Lipinski definition) is 12. The van der Waals surface area contributed by atoms with E-state index in [0.717, 1.165) is 24.3 Å². The van der Waals surface area contributed by atoms with E-state index in [4.69, 9.17) is 0 Å². The summed E-state index contributed by atoms with van der Waals surface area (Å²) in [5, 5.41) is 7.61. The molecule has 4 rings (SSSR count). The minimum atomic E-state index is -4.73. The third kappa shape index (κ3) is 7.24. The van der Waals surface area contributed by atoms with Crippen molar-refractivity contribution in [2.45, 2.75) is 9.79 Å². The Balaban J connectivity index is 0.00000253. The largest absolute Gasteiger partial charge is 1.00 e. The van der Waals surface area contributed by atoms with E-state index in [1.165, 1.54) is 30.3 Å². The van der Waals surface area contributed by atoms with Crippen molar-refractivity contribution < 1.29 is 85.1 Å². The number of rotatable bonds is 6. The van der Waals surface area contributed by atoms with E-state index in [1.807, 2.05) is 0 Å². The molecule has 16 heteroatoms. The smallest absolute Gasteiger partial charge is 0.744 e. The van der Waals surface area contributed by atoms with Crippen LogP contribution in [0.2, 0.25) is 0 Å². The molecule has 0 atom stereocenters. The standard InChI is InChI=1S/C22H16N4O8S2.2Na/c27-19-11-9-18(22(28)21(19)26-23-13-5-7-14(8-6-13)35(29,30)31)25-24-17-10-12-20(36(32,33)34)16-4-2-1-3-15(16)17;;/h1-12,23-24H,(H,29,30,31)(H,32,33,34);;/q;2*+1/p-2/b25-18+,26-21-;;. The molecule has 0 radical (unpaired) electrons. The Labute approximate surface area is 259 Å². The van der Waals surface area contributed by atoms with E-state index in [9.17, 15) is 35.5 Å². The first-order valence-corrected chi connectivity index (χ1v) is 12.7. The van der Waals surface area contributed by atoms with Crippen LogP contribution in [0, 0.1) is 0 Å². The molecule has 12 nitrogen and oxygen atoms in total. The van der Waals surface area contributed by atoms with E-state index in [1.54, 1.807) is 18.2 Å². The van der Waals surface area contributed by atoms with Crippen LogP contribution in [-0.4, -0.2) is 25.9 Å². The monoisotopic (exact) mass is 572 g/mol. The molecule has 38 heavy (non-hydrogen) atoms. The van der Waals surface area contributed by atoms with E-state index < -0.39 is 46.2 Å². The van der Waals surface area contributed by atoms with Gasteiger partial charge in [-0.3, -0.25) is 20.4 Å². The molecule has 0 saturated carbocycles. The van der Waals surface area contributed by atoms with Crippen LogP contribution in [0.4, 0.5) is 11.4 Å². The zero-order valence-electron chi connectivity index (χ0n) is 19.9. The number of anilines is 2. The molecular formula is C22H14N4Na2O8S2. The molecule has 0 amide bonds. The summed E-state index contributed by atoms with van der Waals surface area (Å²) in [7, 11) is -9.36. The van der Waals surface area contributed by atoms with Gasteiger partial charge in [0.25, 0.3) is 0 Å². The minimum absolute atomic E-state index is 0. The zero-order valence-corrected chi connectivity index (χ0v) is 25.5. The van der Waals surface area contributed by atoms with Crippen molar-refractivity contribution in [3.8, 4) is 0 Å². The molecule has 4 aromatic rings. The Morgan fingerprint density at radius 2 is 1.29 bits per heavy atom. The first-order chi connectivity index (χ1) is 16.9. The van der Waals surface area contributed by atoms with Crippen LogP contribution in [0.1, 0.15) is 0 Å². The Kier molecular flexibility index (Phi) is 10.7. The van der Waals surface area contributed by atoms with Crippen molar-refractivity contribution in [3.63, 3.8) is 0 Å². The van der Waals surface area contributed by atoms with Crippen molar-refractivity contribution >= 4 is 42.4 Å². The minimum Gasteiger partial charge on any atom is -0.744 e. The molecule has 4 aromatic carbocycles. The average Bonchev–Trinajstić information content (AvgIpc) is 2.82. The van der Waals surface area contributed by atoms with Crippen molar-refractivity contribution in [1.29, 1.82) is 0 Å². The van der Waals surface area contributed by atoms with Crippen molar-refractivity contribution in [2.24, 2.45) is 10.2 Å². The first kappa shape index (κ1) is 32.0. The van der Waals surface area contributed by atoms with Gasteiger partial charge in [-0.05, 0) is 48.5 Å². The summed E-state index contributed by atoms with van der Waals surface area (Å²) in [6.45, 7) is 0. The van der Waals surface area contributed by atoms with E-state index >= 15 is 0 Å². The van der Waals surface area contributed by atoms with Crippen LogP contribution in [0.5, 0.6) is 0 Å². The number of nitrogens with one attached hydrogen (secondary N) is 2. The number of fused-ring (bicyclic) bond motifs is 1. The first-order valence-electron chi connectivity index (χ1n) is 9.93. The molecular weight excluding hydrogens is 558 g/mol. The molecule has 0 unspecified atom stereocenters. The summed E-state index contributed by atoms with van der Waals surface area (Å²) in [4.78, 5) is 24.1. The Hall–Kier alpha value is -2.24. The Morgan fingerprint density at radius 1 is 0.658 bits per heavy atom. The van der Waals surface area contributed by atoms with Crippen LogP contribution in [0.3, 0.4) is 0 Å². The molecule has 2 N–H and O–H groups in total. The quantitative estimate of drug-likeness (QED) is 0.127. The molecule has 0 fully saturated rings. The predicted molar refractivity (Wildman–Crippen MR) is 126 cm³/mol. The average molecular weight is 572 g/mol. The van der Waals surface area contributed by atoms with Gasteiger partial charge in [-0.1, -0.05) is 24.3 Å². The summed E-state index contributed by atoms with van der Waals surface area (Å²) in [5.41, 5.74) is 4.06. The molecule has 0 spiro atoms. The van der Waals surface area contributed by atoms with Gasteiger partial charge in [0.1, 0.15) is 25.6 Å². The summed E-state index contributed by atoms with van der Waals surface area (Å²) < 4.78 is 67.7. The summed E-state index contributed by atoms with van der Waals surface area (Å²) in [5.74, 6) is 0. The number of hydrogen-bond donors (Lipinski definition) is 2. The fourth-order valence-corrected chi connectivity index (χ4v) is 4.41. The molecule has 0 aliphatic rings. The second-order valence-corrected chi connectivity index (χ2v) is 10.0. The fourth-order valence-electron chi connectivity index (χ4n) is 3.26. The van der Waals surface area contributed by atoms with Gasteiger partial charge in [-0.15, -0.1) is 0 Å². The van der Waals surface area contributed by atoms with Gasteiger partial charge in [0, 0.05) is 10.8 Å². The third-order valence-electron chi connectivity index (χ3n) is 4.96. The fraction of sp³-hybridized carbons (Fsp3) is 0. The van der Waals surface area contributed by atoms with Crippen molar-refractivity contribution in [1.82, 2.24) is 0 Å². The summed E-state index contributed by atoms with van der Waals surface area (Å²) in [6, 6.07) is 15.4. The van der Waals surface area contributed by atoms with Gasteiger partial charge in [-0.25, -0.2) is 16.8 Å². The van der Waals surface area contributed by atoms with Crippen LogP contribution >= 0.6 is 0 Å². The maximum Gasteiger partial charge on any atom is 1.00 e. The zero-order chi connectivity index (χ0) is 26.1. The van der Waals surface area contributed by atoms with Crippen LogP contribution in [-0.2, 0) is 20.2 Å².